The lowest BCUT2D eigenvalue weighted by atomic mass is 10.2. The molecule has 0 bridgehead atoms. The summed E-state index contributed by atoms with van der Waals surface area (Å²) in [5, 5.41) is 2.81. The lowest BCUT2D eigenvalue weighted by Gasteiger charge is -2.13. The molecule has 0 aromatic carbocycles. The number of halogens is 1. The number of esters is 1. The summed E-state index contributed by atoms with van der Waals surface area (Å²) in [6, 6.07) is 0.862. The van der Waals surface area contributed by atoms with Gasteiger partial charge in [0.1, 0.15) is 6.04 Å². The predicted molar refractivity (Wildman–Crippen MR) is 67.5 cm³/mol. The van der Waals surface area contributed by atoms with Crippen molar-refractivity contribution in [3.63, 3.8) is 0 Å². The Morgan fingerprint density at radius 2 is 2.22 bits per heavy atom. The van der Waals surface area contributed by atoms with Gasteiger partial charge in [0.2, 0.25) is 0 Å². The Morgan fingerprint density at radius 3 is 2.78 bits per heavy atom. The van der Waals surface area contributed by atoms with Crippen molar-refractivity contribution in [3.8, 4) is 0 Å². The summed E-state index contributed by atoms with van der Waals surface area (Å²) in [7, 11) is 0. The summed E-state index contributed by atoms with van der Waals surface area (Å²) in [6.07, 6.45) is 1.38. The molecule has 1 unspecified atom stereocenters. The summed E-state index contributed by atoms with van der Waals surface area (Å²) in [5.74, 6) is -0.935. The first kappa shape index (κ1) is 14.4. The molecule has 1 aromatic rings. The van der Waals surface area contributed by atoms with Crippen molar-refractivity contribution in [1.82, 2.24) is 10.3 Å². The van der Waals surface area contributed by atoms with E-state index < -0.39 is 17.9 Å². The van der Waals surface area contributed by atoms with Crippen molar-refractivity contribution in [2.45, 2.75) is 26.8 Å². The highest BCUT2D eigenvalue weighted by Crippen LogP contribution is 2.15. The molecule has 1 N–H and O–H groups in total. The molecule has 0 aliphatic rings. The van der Waals surface area contributed by atoms with E-state index in [2.05, 4.69) is 10.3 Å². The van der Waals surface area contributed by atoms with Crippen LogP contribution in [-0.4, -0.2) is 29.5 Å². The van der Waals surface area contributed by atoms with Crippen molar-refractivity contribution in [2.24, 2.45) is 0 Å². The fourth-order valence-electron chi connectivity index (χ4n) is 1.29. The molecule has 0 saturated carbocycles. The Morgan fingerprint density at radius 1 is 1.56 bits per heavy atom. The number of hydrogen-bond donors (Lipinski definition) is 1. The zero-order valence-corrected chi connectivity index (χ0v) is 11.2. The molecule has 98 valence electrons. The van der Waals surface area contributed by atoms with Crippen LogP contribution in [0.3, 0.4) is 0 Å². The summed E-state index contributed by atoms with van der Waals surface area (Å²) in [5.41, 5.74) is 0.952. The van der Waals surface area contributed by atoms with Gasteiger partial charge in [-0.15, -0.1) is 0 Å². The van der Waals surface area contributed by atoms with Gasteiger partial charge in [0, 0.05) is 11.9 Å². The third-order valence-corrected chi connectivity index (χ3v) is 2.54. The number of ether oxygens (including phenoxy) is 1. The highest BCUT2D eigenvalue weighted by Gasteiger charge is 2.19. The topological polar surface area (TPSA) is 68.3 Å². The highest BCUT2D eigenvalue weighted by atomic mass is 35.5. The smallest absolute Gasteiger partial charge is 0.328 e. The number of carbonyl (C=O) groups is 2. The average molecular weight is 271 g/mol. The molecule has 0 saturated heterocycles. The van der Waals surface area contributed by atoms with Crippen LogP contribution in [0.5, 0.6) is 0 Å². The third-order valence-electron chi connectivity index (χ3n) is 2.22. The van der Waals surface area contributed by atoms with Crippen LogP contribution in [-0.2, 0) is 9.53 Å². The molecule has 0 aliphatic heterocycles. The largest absolute Gasteiger partial charge is 0.464 e. The second-order valence-corrected chi connectivity index (χ2v) is 4.16. The second kappa shape index (κ2) is 6.35. The van der Waals surface area contributed by atoms with Crippen molar-refractivity contribution in [1.29, 1.82) is 0 Å². The number of carbonyl (C=O) groups excluding carboxylic acids is 2. The molecule has 1 aromatic heterocycles. The van der Waals surface area contributed by atoms with E-state index >= 15 is 0 Å². The maximum atomic E-state index is 11.9. The maximum Gasteiger partial charge on any atom is 0.328 e. The van der Waals surface area contributed by atoms with E-state index in [9.17, 15) is 9.59 Å². The van der Waals surface area contributed by atoms with E-state index in [-0.39, 0.29) is 12.2 Å². The number of aromatic nitrogens is 1. The molecule has 18 heavy (non-hydrogen) atoms. The summed E-state index contributed by atoms with van der Waals surface area (Å²) < 4.78 is 4.79. The summed E-state index contributed by atoms with van der Waals surface area (Å²) in [4.78, 5) is 27.2. The first-order valence-corrected chi connectivity index (χ1v) is 5.93. The number of nitrogens with one attached hydrogen (secondary N) is 1. The monoisotopic (exact) mass is 270 g/mol. The minimum Gasteiger partial charge on any atom is -0.464 e. The average Bonchev–Trinajstić information content (AvgIpc) is 2.28. The molecule has 0 radical (unpaired) electrons. The fourth-order valence-corrected chi connectivity index (χ4v) is 1.59. The van der Waals surface area contributed by atoms with E-state index in [1.54, 1.807) is 26.8 Å². The van der Waals surface area contributed by atoms with Gasteiger partial charge in [0.15, 0.2) is 0 Å². The van der Waals surface area contributed by atoms with Gasteiger partial charge in [-0.05, 0) is 26.8 Å². The normalized spacial score (nSPS) is 11.8. The number of nitrogens with zero attached hydrogens (tertiary/aromatic N) is 1. The Kier molecular flexibility index (Phi) is 5.09. The quantitative estimate of drug-likeness (QED) is 0.846. The maximum absolute atomic E-state index is 11.9. The lowest BCUT2D eigenvalue weighted by molar-refractivity contribution is -0.144. The standard InChI is InChI=1S/C12H15ClN2O3/c1-4-18-12(17)8(3)15-11(16)9-6-14-7(2)5-10(9)13/h5-6,8H,4H2,1-3H3,(H,15,16). The molecule has 6 heteroatoms. The number of pyridine rings is 1. The fraction of sp³-hybridized carbons (Fsp3) is 0.417. The number of amides is 1. The van der Waals surface area contributed by atoms with Gasteiger partial charge in [0.25, 0.3) is 5.91 Å². The van der Waals surface area contributed by atoms with Crippen LogP contribution in [0.25, 0.3) is 0 Å². The van der Waals surface area contributed by atoms with Gasteiger partial charge >= 0.3 is 5.97 Å². The van der Waals surface area contributed by atoms with E-state index in [0.29, 0.717) is 5.02 Å². The molecule has 1 heterocycles. The minimum absolute atomic E-state index is 0.235. The number of aryl methyl sites for hydroxylation is 1. The van der Waals surface area contributed by atoms with Crippen molar-refractivity contribution < 1.29 is 14.3 Å². The number of hydrogen-bond acceptors (Lipinski definition) is 4. The van der Waals surface area contributed by atoms with Gasteiger partial charge < -0.3 is 10.1 Å². The van der Waals surface area contributed by atoms with Gasteiger partial charge in [-0.25, -0.2) is 4.79 Å². The first-order valence-electron chi connectivity index (χ1n) is 5.55. The van der Waals surface area contributed by atoms with Crippen molar-refractivity contribution in [2.75, 3.05) is 6.61 Å². The van der Waals surface area contributed by atoms with Crippen LogP contribution in [0.1, 0.15) is 29.9 Å². The first-order chi connectivity index (χ1) is 8.45. The SMILES string of the molecule is CCOC(=O)C(C)NC(=O)c1cnc(C)cc1Cl. The minimum atomic E-state index is -0.727. The van der Waals surface area contributed by atoms with Crippen LogP contribution < -0.4 is 5.32 Å². The molecule has 0 aliphatic carbocycles. The third kappa shape index (κ3) is 3.70. The van der Waals surface area contributed by atoms with Crippen LogP contribution in [0.4, 0.5) is 0 Å². The second-order valence-electron chi connectivity index (χ2n) is 3.75. The van der Waals surface area contributed by atoms with Gasteiger partial charge in [-0.1, -0.05) is 11.6 Å². The molecule has 1 amide bonds. The zero-order valence-electron chi connectivity index (χ0n) is 10.5. The van der Waals surface area contributed by atoms with Gasteiger partial charge in [-0.2, -0.15) is 0 Å². The highest BCUT2D eigenvalue weighted by molar-refractivity contribution is 6.33. The Bertz CT molecular complexity index is 463. The van der Waals surface area contributed by atoms with Crippen molar-refractivity contribution >= 4 is 23.5 Å². The van der Waals surface area contributed by atoms with Gasteiger partial charge in [-0.3, -0.25) is 9.78 Å². The van der Waals surface area contributed by atoms with Crippen LogP contribution >= 0.6 is 11.6 Å². The predicted octanol–water partition coefficient (Wildman–Crippen LogP) is 1.72. The summed E-state index contributed by atoms with van der Waals surface area (Å²) >= 11 is 5.93. The molecule has 0 fully saturated rings. The van der Waals surface area contributed by atoms with E-state index in [1.165, 1.54) is 6.20 Å². The molecule has 1 atom stereocenters. The van der Waals surface area contributed by atoms with Crippen LogP contribution in [0, 0.1) is 6.92 Å². The molecule has 0 spiro atoms. The summed E-state index contributed by atoms with van der Waals surface area (Å²) in [6.45, 7) is 5.29. The number of rotatable bonds is 4. The van der Waals surface area contributed by atoms with Gasteiger partial charge in [0.05, 0.1) is 17.2 Å². The van der Waals surface area contributed by atoms with Crippen LogP contribution in [0.15, 0.2) is 12.3 Å². The Labute approximate surface area is 110 Å². The van der Waals surface area contributed by atoms with Crippen molar-refractivity contribution in [3.05, 3.63) is 28.5 Å². The van der Waals surface area contributed by atoms with E-state index in [0.717, 1.165) is 5.69 Å². The zero-order chi connectivity index (χ0) is 13.7. The molecular weight excluding hydrogens is 256 g/mol. The Balaban J connectivity index is 2.73. The lowest BCUT2D eigenvalue weighted by Crippen LogP contribution is -2.39. The molecule has 5 nitrogen and oxygen atoms in total. The van der Waals surface area contributed by atoms with Crippen LogP contribution in [0.2, 0.25) is 5.02 Å². The van der Waals surface area contributed by atoms with E-state index in [1.807, 2.05) is 0 Å². The Hall–Kier alpha value is -1.62. The molecule has 1 rings (SSSR count). The van der Waals surface area contributed by atoms with E-state index in [4.69, 9.17) is 16.3 Å². The molecular formula is C12H15ClN2O3.